The smallest absolute Gasteiger partial charge is 0.0195 e. The average molecular weight is 168 g/mol. The van der Waals surface area contributed by atoms with E-state index < -0.39 is 0 Å². The average Bonchev–Trinajstić information content (AvgIpc) is 2.03. The number of hydrogen-bond acceptors (Lipinski definition) is 2. The molecule has 0 aromatic heterocycles. The lowest BCUT2D eigenvalue weighted by Gasteiger charge is -2.38. The molecular formula is C10H20N2. The number of likely N-dealkylation sites (N-methyl/N-ethyl adjacent to an activating group) is 1. The molecule has 0 aromatic carbocycles. The van der Waals surface area contributed by atoms with Gasteiger partial charge in [-0.1, -0.05) is 6.08 Å². The summed E-state index contributed by atoms with van der Waals surface area (Å²) in [6, 6.07) is 0.712. The highest BCUT2D eigenvalue weighted by atomic mass is 15.3. The molecular weight excluding hydrogens is 148 g/mol. The number of nitrogens with zero attached hydrogens (tertiary/aromatic N) is 2. The van der Waals surface area contributed by atoms with E-state index in [9.17, 15) is 0 Å². The summed E-state index contributed by atoms with van der Waals surface area (Å²) in [6.45, 7) is 10.9. The van der Waals surface area contributed by atoms with Crippen LogP contribution in [0.25, 0.3) is 0 Å². The minimum atomic E-state index is 0.712. The van der Waals surface area contributed by atoms with Crippen LogP contribution in [0.2, 0.25) is 0 Å². The highest BCUT2D eigenvalue weighted by Gasteiger charge is 2.19. The van der Waals surface area contributed by atoms with Crippen LogP contribution in [0.4, 0.5) is 0 Å². The maximum atomic E-state index is 3.75. The van der Waals surface area contributed by atoms with Gasteiger partial charge < -0.3 is 4.90 Å². The molecule has 0 bridgehead atoms. The van der Waals surface area contributed by atoms with Gasteiger partial charge in [-0.15, -0.1) is 6.58 Å². The van der Waals surface area contributed by atoms with Gasteiger partial charge in [0.1, 0.15) is 0 Å². The summed E-state index contributed by atoms with van der Waals surface area (Å²) in [4.78, 5) is 4.94. The molecule has 1 aliphatic heterocycles. The monoisotopic (exact) mass is 168 g/mol. The van der Waals surface area contributed by atoms with E-state index in [4.69, 9.17) is 0 Å². The van der Waals surface area contributed by atoms with Crippen LogP contribution in [0.5, 0.6) is 0 Å². The van der Waals surface area contributed by atoms with E-state index in [1.54, 1.807) is 0 Å². The maximum absolute atomic E-state index is 3.75. The maximum Gasteiger partial charge on any atom is 0.0195 e. The molecule has 0 spiro atoms. The lowest BCUT2D eigenvalue weighted by molar-refractivity contribution is 0.102. The van der Waals surface area contributed by atoms with Crippen LogP contribution < -0.4 is 0 Å². The van der Waals surface area contributed by atoms with E-state index >= 15 is 0 Å². The highest BCUT2D eigenvalue weighted by molar-refractivity contribution is 4.79. The fourth-order valence-electron chi connectivity index (χ4n) is 1.77. The van der Waals surface area contributed by atoms with Crippen LogP contribution in [-0.2, 0) is 0 Å². The second-order valence-electron chi connectivity index (χ2n) is 3.72. The van der Waals surface area contributed by atoms with Gasteiger partial charge in [0.25, 0.3) is 0 Å². The molecule has 2 heteroatoms. The molecule has 0 saturated carbocycles. The zero-order valence-corrected chi connectivity index (χ0v) is 8.29. The third-order valence-electron chi connectivity index (χ3n) is 2.59. The second-order valence-corrected chi connectivity index (χ2v) is 3.72. The first kappa shape index (κ1) is 9.75. The van der Waals surface area contributed by atoms with Crippen molar-refractivity contribution in [2.45, 2.75) is 19.4 Å². The van der Waals surface area contributed by atoms with Crippen molar-refractivity contribution in [3.05, 3.63) is 12.7 Å². The van der Waals surface area contributed by atoms with Crippen LogP contribution in [0, 0.1) is 0 Å². The van der Waals surface area contributed by atoms with Gasteiger partial charge in [-0.25, -0.2) is 0 Å². The molecule has 1 saturated heterocycles. The Hall–Kier alpha value is -0.340. The van der Waals surface area contributed by atoms with Crippen molar-refractivity contribution >= 4 is 0 Å². The number of piperazine rings is 1. The number of rotatable bonds is 3. The van der Waals surface area contributed by atoms with Crippen molar-refractivity contribution in [3.8, 4) is 0 Å². The third kappa shape index (κ3) is 2.61. The van der Waals surface area contributed by atoms with Crippen molar-refractivity contribution in [3.63, 3.8) is 0 Å². The Kier molecular flexibility index (Phi) is 3.76. The van der Waals surface area contributed by atoms with Crippen LogP contribution in [0.3, 0.4) is 0 Å². The van der Waals surface area contributed by atoms with E-state index in [1.165, 1.54) is 26.2 Å². The molecule has 2 nitrogen and oxygen atoms in total. The zero-order chi connectivity index (χ0) is 8.97. The summed E-state index contributed by atoms with van der Waals surface area (Å²) < 4.78 is 0. The fraction of sp³-hybridized carbons (Fsp3) is 0.800. The van der Waals surface area contributed by atoms with Crippen molar-refractivity contribution in [2.24, 2.45) is 0 Å². The van der Waals surface area contributed by atoms with Gasteiger partial charge in [0.05, 0.1) is 0 Å². The number of hydrogen-bond donors (Lipinski definition) is 0. The van der Waals surface area contributed by atoms with E-state index in [1.807, 2.05) is 6.08 Å². The first-order chi connectivity index (χ1) is 5.74. The molecule has 1 rings (SSSR count). The van der Waals surface area contributed by atoms with Crippen molar-refractivity contribution in [2.75, 3.05) is 33.2 Å². The van der Waals surface area contributed by atoms with E-state index in [-0.39, 0.29) is 0 Å². The van der Waals surface area contributed by atoms with Crippen LogP contribution >= 0.6 is 0 Å². The molecule has 1 atom stereocenters. The second kappa shape index (κ2) is 4.63. The molecule has 70 valence electrons. The predicted molar refractivity (Wildman–Crippen MR) is 53.3 cm³/mol. The Bertz CT molecular complexity index is 145. The van der Waals surface area contributed by atoms with Crippen LogP contribution in [0.15, 0.2) is 12.7 Å². The lowest BCUT2D eigenvalue weighted by atomic mass is 10.2. The molecule has 1 aliphatic rings. The van der Waals surface area contributed by atoms with Gasteiger partial charge in [0, 0.05) is 32.2 Å². The molecule has 0 aromatic rings. The van der Waals surface area contributed by atoms with Crippen LogP contribution in [-0.4, -0.2) is 49.1 Å². The predicted octanol–water partition coefficient (Wildman–Crippen LogP) is 1.20. The van der Waals surface area contributed by atoms with Gasteiger partial charge in [-0.2, -0.15) is 0 Å². The quantitative estimate of drug-likeness (QED) is 0.584. The molecule has 1 unspecified atom stereocenters. The summed E-state index contributed by atoms with van der Waals surface area (Å²) in [5, 5.41) is 0. The van der Waals surface area contributed by atoms with E-state index in [0.29, 0.717) is 6.04 Å². The summed E-state index contributed by atoms with van der Waals surface area (Å²) in [5.41, 5.74) is 0. The minimum absolute atomic E-state index is 0.712. The normalized spacial score (nSPS) is 27.3. The zero-order valence-electron chi connectivity index (χ0n) is 8.29. The summed E-state index contributed by atoms with van der Waals surface area (Å²) in [6.07, 6.45) is 3.12. The lowest BCUT2D eigenvalue weighted by Crippen LogP contribution is -2.50. The van der Waals surface area contributed by atoms with Gasteiger partial charge in [-0.3, -0.25) is 4.90 Å². The molecule has 0 N–H and O–H groups in total. The van der Waals surface area contributed by atoms with Crippen molar-refractivity contribution in [1.29, 1.82) is 0 Å². The third-order valence-corrected chi connectivity index (χ3v) is 2.59. The largest absolute Gasteiger partial charge is 0.304 e. The molecule has 1 fully saturated rings. The molecule has 0 aliphatic carbocycles. The SMILES string of the molecule is C=CCCN1CCN(C)CC1C. The van der Waals surface area contributed by atoms with Crippen molar-refractivity contribution in [1.82, 2.24) is 9.80 Å². The van der Waals surface area contributed by atoms with E-state index in [2.05, 4.69) is 30.4 Å². The summed E-state index contributed by atoms with van der Waals surface area (Å²) in [7, 11) is 2.20. The first-order valence-corrected chi connectivity index (χ1v) is 4.77. The van der Waals surface area contributed by atoms with Gasteiger partial charge in [0.2, 0.25) is 0 Å². The first-order valence-electron chi connectivity index (χ1n) is 4.77. The van der Waals surface area contributed by atoms with Crippen molar-refractivity contribution < 1.29 is 0 Å². The fourth-order valence-corrected chi connectivity index (χ4v) is 1.77. The Morgan fingerprint density at radius 1 is 1.50 bits per heavy atom. The van der Waals surface area contributed by atoms with Gasteiger partial charge in [0.15, 0.2) is 0 Å². The molecule has 0 radical (unpaired) electrons. The summed E-state index contributed by atoms with van der Waals surface area (Å²) in [5.74, 6) is 0. The van der Waals surface area contributed by atoms with Crippen LogP contribution in [0.1, 0.15) is 13.3 Å². The molecule has 1 heterocycles. The molecule has 12 heavy (non-hydrogen) atoms. The van der Waals surface area contributed by atoms with E-state index in [0.717, 1.165) is 6.42 Å². The molecule has 0 amide bonds. The standard InChI is InChI=1S/C10H20N2/c1-4-5-6-12-8-7-11(3)9-10(12)2/h4,10H,1,5-9H2,2-3H3. The topological polar surface area (TPSA) is 6.48 Å². The Morgan fingerprint density at radius 3 is 2.83 bits per heavy atom. The Balaban J connectivity index is 2.29. The Labute approximate surface area is 75.8 Å². The Morgan fingerprint density at radius 2 is 2.25 bits per heavy atom. The van der Waals surface area contributed by atoms with Gasteiger partial charge >= 0.3 is 0 Å². The summed E-state index contributed by atoms with van der Waals surface area (Å²) >= 11 is 0. The van der Waals surface area contributed by atoms with Gasteiger partial charge in [-0.05, 0) is 20.4 Å². The minimum Gasteiger partial charge on any atom is -0.304 e. The highest BCUT2D eigenvalue weighted by Crippen LogP contribution is 2.07.